The van der Waals surface area contributed by atoms with E-state index in [2.05, 4.69) is 20.8 Å². The van der Waals surface area contributed by atoms with Crippen LogP contribution in [0.1, 0.15) is 29.8 Å². The Balaban J connectivity index is 1.43. The van der Waals surface area contributed by atoms with Crippen molar-refractivity contribution < 1.29 is 19.1 Å². The van der Waals surface area contributed by atoms with Gasteiger partial charge in [0.1, 0.15) is 5.75 Å². The molecule has 0 atom stereocenters. The van der Waals surface area contributed by atoms with Crippen LogP contribution >= 0.6 is 23.1 Å². The highest BCUT2D eigenvalue weighted by atomic mass is 32.2. The maximum absolute atomic E-state index is 12.2. The number of nitrogens with zero attached hydrogens (tertiary/aromatic N) is 2. The number of anilines is 2. The van der Waals surface area contributed by atoms with E-state index in [0.29, 0.717) is 27.3 Å². The maximum atomic E-state index is 12.2. The van der Waals surface area contributed by atoms with Crippen LogP contribution in [0.25, 0.3) is 0 Å². The van der Waals surface area contributed by atoms with E-state index in [4.69, 9.17) is 9.47 Å². The van der Waals surface area contributed by atoms with Crippen LogP contribution in [-0.2, 0) is 16.1 Å². The first-order valence-corrected chi connectivity index (χ1v) is 11.7. The summed E-state index contributed by atoms with van der Waals surface area (Å²) in [7, 11) is 1.64. The maximum Gasteiger partial charge on any atom is 0.338 e. The molecule has 8 nitrogen and oxygen atoms in total. The Hall–Kier alpha value is -3.11. The van der Waals surface area contributed by atoms with Gasteiger partial charge < -0.3 is 20.1 Å². The Morgan fingerprint density at radius 3 is 2.44 bits per heavy atom. The Kier molecular flexibility index (Phi) is 8.46. The fourth-order valence-electron chi connectivity index (χ4n) is 2.56. The van der Waals surface area contributed by atoms with Crippen molar-refractivity contribution in [3.05, 3.63) is 59.7 Å². The zero-order chi connectivity index (χ0) is 22.9. The molecular weight excluding hydrogens is 448 g/mol. The predicted octanol–water partition coefficient (Wildman–Crippen LogP) is 4.45. The van der Waals surface area contributed by atoms with Crippen LogP contribution in [0.3, 0.4) is 0 Å². The summed E-state index contributed by atoms with van der Waals surface area (Å²) in [4.78, 5) is 24.1. The van der Waals surface area contributed by atoms with Crippen LogP contribution in [0.2, 0.25) is 0 Å². The Bertz CT molecular complexity index is 1040. The first kappa shape index (κ1) is 23.6. The summed E-state index contributed by atoms with van der Waals surface area (Å²) in [5.41, 5.74) is 2.14. The van der Waals surface area contributed by atoms with E-state index in [-0.39, 0.29) is 23.7 Å². The number of carbonyl (C=O) groups is 2. The highest BCUT2D eigenvalue weighted by molar-refractivity contribution is 8.01. The van der Waals surface area contributed by atoms with Gasteiger partial charge in [-0.05, 0) is 55.8 Å². The summed E-state index contributed by atoms with van der Waals surface area (Å²) < 4.78 is 11.0. The van der Waals surface area contributed by atoms with Gasteiger partial charge in [0, 0.05) is 12.2 Å². The standard InChI is InChI=1S/C22H24N4O4S2/c1-14(2)30-20(28)16-6-8-17(9-7-16)24-19(27)13-31-22-26-25-21(32-22)23-12-15-4-10-18(29-3)11-5-15/h4-11,14H,12-13H2,1-3H3,(H,23,25)(H,24,27). The Labute approximate surface area is 194 Å². The molecule has 1 heterocycles. The summed E-state index contributed by atoms with van der Waals surface area (Å²) in [6, 6.07) is 14.4. The fraction of sp³-hybridized carbons (Fsp3) is 0.273. The van der Waals surface area contributed by atoms with Gasteiger partial charge >= 0.3 is 5.97 Å². The largest absolute Gasteiger partial charge is 0.497 e. The van der Waals surface area contributed by atoms with Gasteiger partial charge in [-0.25, -0.2) is 4.79 Å². The minimum absolute atomic E-state index is 0.171. The van der Waals surface area contributed by atoms with E-state index in [9.17, 15) is 9.59 Å². The van der Waals surface area contributed by atoms with Gasteiger partial charge in [0.05, 0.1) is 24.5 Å². The van der Waals surface area contributed by atoms with Gasteiger partial charge in [0.25, 0.3) is 0 Å². The molecule has 1 aromatic heterocycles. The van der Waals surface area contributed by atoms with Gasteiger partial charge in [0.2, 0.25) is 11.0 Å². The second-order valence-corrected chi connectivity index (χ2v) is 9.14. The number of hydrogen-bond acceptors (Lipinski definition) is 9. The lowest BCUT2D eigenvalue weighted by Crippen LogP contribution is -2.14. The smallest absolute Gasteiger partial charge is 0.338 e. The average Bonchev–Trinajstić information content (AvgIpc) is 3.24. The number of carbonyl (C=O) groups excluding carboxylic acids is 2. The van der Waals surface area contributed by atoms with Crippen LogP contribution in [-0.4, -0.2) is 41.0 Å². The number of esters is 1. The number of ether oxygens (including phenoxy) is 2. The monoisotopic (exact) mass is 472 g/mol. The molecule has 0 aliphatic carbocycles. The van der Waals surface area contributed by atoms with E-state index < -0.39 is 0 Å². The number of hydrogen-bond donors (Lipinski definition) is 2. The lowest BCUT2D eigenvalue weighted by Gasteiger charge is -2.08. The van der Waals surface area contributed by atoms with Gasteiger partial charge in [-0.3, -0.25) is 4.79 Å². The summed E-state index contributed by atoms with van der Waals surface area (Å²) in [6.07, 6.45) is -0.183. The molecule has 10 heteroatoms. The SMILES string of the molecule is COc1ccc(CNc2nnc(SCC(=O)Nc3ccc(C(=O)OC(C)C)cc3)s2)cc1. The van der Waals surface area contributed by atoms with Crippen LogP contribution in [0.15, 0.2) is 52.9 Å². The van der Waals surface area contributed by atoms with Gasteiger partial charge in [0.15, 0.2) is 4.34 Å². The third-order valence-corrected chi connectivity index (χ3v) is 6.10. The van der Waals surface area contributed by atoms with E-state index in [1.807, 2.05) is 24.3 Å². The van der Waals surface area contributed by atoms with Crippen LogP contribution in [0.4, 0.5) is 10.8 Å². The van der Waals surface area contributed by atoms with Crippen molar-refractivity contribution in [3.8, 4) is 5.75 Å². The molecule has 3 rings (SSSR count). The normalized spacial score (nSPS) is 10.6. The summed E-state index contributed by atoms with van der Waals surface area (Å²) in [5, 5.41) is 14.9. The van der Waals surface area contributed by atoms with Crippen molar-refractivity contribution in [2.75, 3.05) is 23.5 Å². The van der Waals surface area contributed by atoms with Gasteiger partial charge in [-0.2, -0.15) is 0 Å². The molecule has 168 valence electrons. The molecule has 0 unspecified atom stereocenters. The van der Waals surface area contributed by atoms with E-state index >= 15 is 0 Å². The van der Waals surface area contributed by atoms with Crippen molar-refractivity contribution in [1.29, 1.82) is 0 Å². The predicted molar refractivity (Wildman–Crippen MR) is 127 cm³/mol. The molecule has 0 aliphatic rings. The van der Waals surface area contributed by atoms with Crippen molar-refractivity contribution in [2.45, 2.75) is 30.8 Å². The topological polar surface area (TPSA) is 102 Å². The van der Waals surface area contributed by atoms with Gasteiger partial charge in [-0.1, -0.05) is 35.2 Å². The minimum Gasteiger partial charge on any atom is -0.497 e. The molecule has 0 bridgehead atoms. The number of methoxy groups -OCH3 is 1. The summed E-state index contributed by atoms with van der Waals surface area (Å²) in [6.45, 7) is 4.20. The second kappa shape index (κ2) is 11.5. The highest BCUT2D eigenvalue weighted by Crippen LogP contribution is 2.26. The fourth-order valence-corrected chi connectivity index (χ4v) is 4.10. The number of benzene rings is 2. The molecule has 3 aromatic rings. The second-order valence-electron chi connectivity index (χ2n) is 6.94. The van der Waals surface area contributed by atoms with E-state index in [1.165, 1.54) is 23.1 Å². The van der Waals surface area contributed by atoms with Crippen LogP contribution < -0.4 is 15.4 Å². The molecule has 0 saturated heterocycles. The third-order valence-electron chi connectivity index (χ3n) is 4.08. The molecule has 32 heavy (non-hydrogen) atoms. The lowest BCUT2D eigenvalue weighted by molar-refractivity contribution is -0.113. The van der Waals surface area contributed by atoms with E-state index in [1.54, 1.807) is 45.2 Å². The van der Waals surface area contributed by atoms with E-state index in [0.717, 1.165) is 11.3 Å². The molecule has 2 aromatic carbocycles. The number of amides is 1. The summed E-state index contributed by atoms with van der Waals surface area (Å²) in [5.74, 6) is 0.451. The minimum atomic E-state index is -0.388. The molecular formula is C22H24N4O4S2. The average molecular weight is 473 g/mol. The van der Waals surface area contributed by atoms with Gasteiger partial charge in [-0.15, -0.1) is 10.2 Å². The molecule has 0 aliphatic heterocycles. The number of rotatable bonds is 10. The third kappa shape index (κ3) is 7.24. The molecule has 0 spiro atoms. The summed E-state index contributed by atoms with van der Waals surface area (Å²) >= 11 is 2.70. The Morgan fingerprint density at radius 1 is 1.06 bits per heavy atom. The molecule has 0 fully saturated rings. The first-order chi connectivity index (χ1) is 15.4. The lowest BCUT2D eigenvalue weighted by atomic mass is 10.2. The number of thioether (sulfide) groups is 1. The van der Waals surface area contributed by atoms with Crippen LogP contribution in [0.5, 0.6) is 5.75 Å². The number of nitrogens with one attached hydrogen (secondary N) is 2. The number of aromatic nitrogens is 2. The van der Waals surface area contributed by atoms with Crippen molar-refractivity contribution in [3.63, 3.8) is 0 Å². The Morgan fingerprint density at radius 2 is 1.78 bits per heavy atom. The van der Waals surface area contributed by atoms with Crippen molar-refractivity contribution in [2.24, 2.45) is 0 Å². The van der Waals surface area contributed by atoms with Crippen LogP contribution in [0, 0.1) is 0 Å². The zero-order valence-electron chi connectivity index (χ0n) is 18.0. The molecule has 0 radical (unpaired) electrons. The molecule has 2 N–H and O–H groups in total. The van der Waals surface area contributed by atoms with Crippen molar-refractivity contribution in [1.82, 2.24) is 10.2 Å². The molecule has 0 saturated carbocycles. The quantitative estimate of drug-likeness (QED) is 0.329. The van der Waals surface area contributed by atoms with Crippen molar-refractivity contribution >= 4 is 45.8 Å². The zero-order valence-corrected chi connectivity index (χ0v) is 19.6. The highest BCUT2D eigenvalue weighted by Gasteiger charge is 2.11. The first-order valence-electron chi connectivity index (χ1n) is 9.87. The molecule has 1 amide bonds.